The highest BCUT2D eigenvalue weighted by Crippen LogP contribution is 2.43. The average Bonchev–Trinajstić information content (AvgIpc) is 1.79. The van der Waals surface area contributed by atoms with Crippen molar-refractivity contribution in [3.8, 4) is 0 Å². The number of aliphatic hydroxyl groups excluding tert-OH is 1. The van der Waals surface area contributed by atoms with Crippen molar-refractivity contribution >= 4 is 0 Å². The Morgan fingerprint density at radius 1 is 1.44 bits per heavy atom. The van der Waals surface area contributed by atoms with Crippen LogP contribution in [0.25, 0.3) is 0 Å². The number of hydrogen-bond donors (Lipinski definition) is 1. The van der Waals surface area contributed by atoms with Crippen LogP contribution < -0.4 is 0 Å². The van der Waals surface area contributed by atoms with Gasteiger partial charge in [-0.25, -0.2) is 0 Å². The molecule has 1 aliphatic carbocycles. The molecule has 0 aromatic heterocycles. The Kier molecular flexibility index (Phi) is 2.12. The molecule has 1 saturated carbocycles. The van der Waals surface area contributed by atoms with E-state index in [2.05, 4.69) is 6.92 Å². The predicted molar refractivity (Wildman–Crippen MR) is 38.3 cm³/mol. The van der Waals surface area contributed by atoms with E-state index in [0.29, 0.717) is 12.0 Å². The second kappa shape index (κ2) is 2.70. The first-order chi connectivity index (χ1) is 4.33. The Hall–Kier alpha value is -0.0400. The van der Waals surface area contributed by atoms with Crippen molar-refractivity contribution in [2.24, 2.45) is 5.41 Å². The number of rotatable bonds is 3. The molecule has 1 N–H and O–H groups in total. The molecule has 54 valence electrons. The van der Waals surface area contributed by atoms with Crippen molar-refractivity contribution in [2.45, 2.75) is 39.0 Å². The van der Waals surface area contributed by atoms with Gasteiger partial charge in [-0.3, -0.25) is 0 Å². The lowest BCUT2D eigenvalue weighted by Crippen LogP contribution is -2.32. The molecule has 1 nitrogen and oxygen atoms in total. The van der Waals surface area contributed by atoms with Gasteiger partial charge in [0.1, 0.15) is 0 Å². The van der Waals surface area contributed by atoms with Crippen LogP contribution in [0.5, 0.6) is 0 Å². The van der Waals surface area contributed by atoms with Gasteiger partial charge in [0.05, 0.1) is 0 Å². The summed E-state index contributed by atoms with van der Waals surface area (Å²) < 4.78 is 0. The van der Waals surface area contributed by atoms with Crippen molar-refractivity contribution in [3.05, 3.63) is 0 Å². The van der Waals surface area contributed by atoms with E-state index in [-0.39, 0.29) is 0 Å². The monoisotopic (exact) mass is 128 g/mol. The van der Waals surface area contributed by atoms with Crippen LogP contribution in [0.3, 0.4) is 0 Å². The fourth-order valence-electron chi connectivity index (χ4n) is 1.69. The summed E-state index contributed by atoms with van der Waals surface area (Å²) in [5.41, 5.74) is 0.370. The van der Waals surface area contributed by atoms with Gasteiger partial charge < -0.3 is 5.11 Å². The molecule has 0 aliphatic heterocycles. The summed E-state index contributed by atoms with van der Waals surface area (Å²) in [5, 5.41) is 8.97. The molecule has 0 radical (unpaired) electrons. The molecule has 0 spiro atoms. The summed E-state index contributed by atoms with van der Waals surface area (Å²) in [6.07, 6.45) is 6.30. The van der Waals surface area contributed by atoms with Crippen LogP contribution in [0.15, 0.2) is 0 Å². The molecule has 0 unspecified atom stereocenters. The molecule has 0 bridgehead atoms. The van der Waals surface area contributed by atoms with Gasteiger partial charge >= 0.3 is 0 Å². The highest BCUT2D eigenvalue weighted by molar-refractivity contribution is 4.86. The van der Waals surface area contributed by atoms with Crippen LogP contribution in [0, 0.1) is 5.41 Å². The topological polar surface area (TPSA) is 20.2 Å². The smallest absolute Gasteiger partial charge is 0.0487 e. The lowest BCUT2D eigenvalue weighted by Gasteiger charge is -2.40. The first-order valence-electron chi connectivity index (χ1n) is 3.94. The summed E-state index contributed by atoms with van der Waals surface area (Å²) in [7, 11) is 0. The zero-order valence-corrected chi connectivity index (χ0v) is 6.19. The average molecular weight is 128 g/mol. The van der Waals surface area contributed by atoms with Crippen LogP contribution in [0.2, 0.25) is 0 Å². The minimum absolute atomic E-state index is 0.370. The van der Waals surface area contributed by atoms with Gasteiger partial charge in [-0.1, -0.05) is 19.8 Å². The van der Waals surface area contributed by atoms with Gasteiger partial charge in [0.25, 0.3) is 0 Å². The van der Waals surface area contributed by atoms with E-state index in [4.69, 9.17) is 5.11 Å². The van der Waals surface area contributed by atoms with Gasteiger partial charge in [-0.05, 0) is 24.7 Å². The van der Waals surface area contributed by atoms with Crippen LogP contribution in [0.1, 0.15) is 39.0 Å². The Morgan fingerprint density at radius 3 is 2.22 bits per heavy atom. The minimum atomic E-state index is 0.370. The van der Waals surface area contributed by atoms with Crippen molar-refractivity contribution in [1.82, 2.24) is 0 Å². The first-order valence-corrected chi connectivity index (χ1v) is 3.94. The van der Waals surface area contributed by atoms with Gasteiger partial charge in [0.15, 0.2) is 0 Å². The van der Waals surface area contributed by atoms with E-state index in [0.717, 1.165) is 0 Å². The van der Waals surface area contributed by atoms with Crippen LogP contribution >= 0.6 is 0 Å². The van der Waals surface area contributed by atoms with E-state index < -0.39 is 0 Å². The second-order valence-electron chi connectivity index (χ2n) is 3.26. The standard InChI is InChI=1S/C8H16O/c1-2-4-8(7-9)5-3-6-8/h9H,2-7H2,1H3. The normalized spacial score (nSPS) is 23.3. The molecule has 1 rings (SSSR count). The van der Waals surface area contributed by atoms with Gasteiger partial charge in [0, 0.05) is 6.61 Å². The highest BCUT2D eigenvalue weighted by Gasteiger charge is 2.34. The maximum Gasteiger partial charge on any atom is 0.0487 e. The van der Waals surface area contributed by atoms with Gasteiger partial charge in [0.2, 0.25) is 0 Å². The first kappa shape index (κ1) is 7.07. The summed E-state index contributed by atoms with van der Waals surface area (Å²) in [4.78, 5) is 0. The van der Waals surface area contributed by atoms with Crippen LogP contribution in [-0.4, -0.2) is 11.7 Å². The summed E-state index contributed by atoms with van der Waals surface area (Å²) in [6.45, 7) is 2.61. The molecule has 0 atom stereocenters. The maximum atomic E-state index is 8.97. The third-order valence-electron chi connectivity index (χ3n) is 2.53. The Bertz CT molecular complexity index is 79.1. The fraction of sp³-hybridized carbons (Fsp3) is 1.00. The molecular weight excluding hydrogens is 112 g/mol. The van der Waals surface area contributed by atoms with Crippen LogP contribution in [-0.2, 0) is 0 Å². The zero-order chi connectivity index (χ0) is 6.74. The Balaban J connectivity index is 2.28. The van der Waals surface area contributed by atoms with Gasteiger partial charge in [-0.15, -0.1) is 0 Å². The molecular formula is C8H16O. The quantitative estimate of drug-likeness (QED) is 0.616. The van der Waals surface area contributed by atoms with Crippen molar-refractivity contribution in [3.63, 3.8) is 0 Å². The third-order valence-corrected chi connectivity index (χ3v) is 2.53. The molecule has 0 aromatic rings. The van der Waals surface area contributed by atoms with E-state index in [1.807, 2.05) is 0 Å². The predicted octanol–water partition coefficient (Wildman–Crippen LogP) is 1.95. The van der Waals surface area contributed by atoms with Crippen molar-refractivity contribution < 1.29 is 5.11 Å². The molecule has 9 heavy (non-hydrogen) atoms. The second-order valence-corrected chi connectivity index (χ2v) is 3.26. The Labute approximate surface area is 57.1 Å². The van der Waals surface area contributed by atoms with E-state index in [1.165, 1.54) is 32.1 Å². The van der Waals surface area contributed by atoms with Crippen LogP contribution in [0.4, 0.5) is 0 Å². The van der Waals surface area contributed by atoms with Crippen molar-refractivity contribution in [2.75, 3.05) is 6.61 Å². The van der Waals surface area contributed by atoms with E-state index >= 15 is 0 Å². The largest absolute Gasteiger partial charge is 0.396 e. The zero-order valence-electron chi connectivity index (χ0n) is 6.19. The van der Waals surface area contributed by atoms with Gasteiger partial charge in [-0.2, -0.15) is 0 Å². The molecule has 1 aliphatic rings. The van der Waals surface area contributed by atoms with E-state index in [9.17, 15) is 0 Å². The number of aliphatic hydroxyl groups is 1. The summed E-state index contributed by atoms with van der Waals surface area (Å²) >= 11 is 0. The Morgan fingerprint density at radius 2 is 2.11 bits per heavy atom. The SMILES string of the molecule is CCCC1(CO)CCC1. The lowest BCUT2D eigenvalue weighted by atomic mass is 9.67. The number of hydrogen-bond acceptors (Lipinski definition) is 1. The third kappa shape index (κ3) is 1.26. The minimum Gasteiger partial charge on any atom is -0.396 e. The molecule has 1 fully saturated rings. The molecule has 0 heterocycles. The van der Waals surface area contributed by atoms with E-state index in [1.54, 1.807) is 0 Å². The molecule has 0 aromatic carbocycles. The maximum absolute atomic E-state index is 8.97. The van der Waals surface area contributed by atoms with Crippen molar-refractivity contribution in [1.29, 1.82) is 0 Å². The molecule has 0 amide bonds. The highest BCUT2D eigenvalue weighted by atomic mass is 16.3. The molecule has 1 heteroatoms. The summed E-state index contributed by atoms with van der Waals surface area (Å²) in [6, 6.07) is 0. The molecule has 0 saturated heterocycles. The fourth-order valence-corrected chi connectivity index (χ4v) is 1.69. The lowest BCUT2D eigenvalue weighted by molar-refractivity contribution is 0.0355. The summed E-state index contributed by atoms with van der Waals surface area (Å²) in [5.74, 6) is 0.